The zero-order valence-electron chi connectivity index (χ0n) is 18.1. The molecule has 0 bridgehead atoms. The average Bonchev–Trinajstić information content (AvgIpc) is 3.49. The molecule has 1 atom stereocenters. The van der Waals surface area contributed by atoms with E-state index in [1.165, 1.54) is 11.8 Å². The van der Waals surface area contributed by atoms with Crippen molar-refractivity contribution in [3.05, 3.63) is 40.9 Å². The lowest BCUT2D eigenvalue weighted by Crippen LogP contribution is -2.47. The zero-order valence-corrected chi connectivity index (χ0v) is 21.3. The van der Waals surface area contributed by atoms with Crippen LogP contribution in [0, 0.1) is 0 Å². The van der Waals surface area contributed by atoms with Gasteiger partial charge in [0.1, 0.15) is 0 Å². The van der Waals surface area contributed by atoms with Gasteiger partial charge in [-0.25, -0.2) is 8.42 Å². The Balaban J connectivity index is 1.54. The second-order valence-electron chi connectivity index (χ2n) is 8.41. The van der Waals surface area contributed by atoms with Crippen LogP contribution in [-0.4, -0.2) is 63.3 Å². The van der Waals surface area contributed by atoms with Gasteiger partial charge in [-0.3, -0.25) is 9.36 Å². The molecule has 1 unspecified atom stereocenters. The summed E-state index contributed by atoms with van der Waals surface area (Å²) in [6, 6.07) is 5.06. The van der Waals surface area contributed by atoms with Crippen LogP contribution in [0.2, 0.25) is 10.0 Å². The largest absolute Gasteiger partial charge is 0.335 e. The third-order valence-electron chi connectivity index (χ3n) is 6.13. The normalized spacial score (nSPS) is 20.2. The van der Waals surface area contributed by atoms with Crippen LogP contribution in [0.5, 0.6) is 0 Å². The number of sulfone groups is 1. The van der Waals surface area contributed by atoms with Crippen LogP contribution >= 0.6 is 35.0 Å². The summed E-state index contributed by atoms with van der Waals surface area (Å²) in [5.74, 6) is 0.900. The van der Waals surface area contributed by atoms with Gasteiger partial charge in [0.05, 0.1) is 22.3 Å². The van der Waals surface area contributed by atoms with Gasteiger partial charge in [0.25, 0.3) is 0 Å². The maximum atomic E-state index is 13.3. The fraction of sp³-hybridized carbons (Fsp3) is 0.500. The van der Waals surface area contributed by atoms with Gasteiger partial charge < -0.3 is 4.90 Å². The van der Waals surface area contributed by atoms with E-state index in [1.807, 2.05) is 9.47 Å². The minimum atomic E-state index is -3.08. The SMILES string of the molecule is C=CCn1c(SCC(=O)N(C2CCCC2)C2CCS(=O)(=O)C2)nnc1-c1ccc(Cl)cc1Cl. The van der Waals surface area contributed by atoms with E-state index in [9.17, 15) is 13.2 Å². The fourth-order valence-corrected chi connectivity index (χ4v) is 7.66. The number of aromatic nitrogens is 3. The predicted molar refractivity (Wildman–Crippen MR) is 133 cm³/mol. The lowest BCUT2D eigenvalue weighted by Gasteiger charge is -2.34. The van der Waals surface area contributed by atoms with Crippen molar-refractivity contribution >= 4 is 50.7 Å². The number of hydrogen-bond donors (Lipinski definition) is 0. The first-order chi connectivity index (χ1) is 15.8. The van der Waals surface area contributed by atoms with Crippen LogP contribution < -0.4 is 0 Å². The number of halogens is 2. The molecular formula is C22H26Cl2N4O3S2. The van der Waals surface area contributed by atoms with Gasteiger partial charge in [0.15, 0.2) is 20.8 Å². The number of carbonyl (C=O) groups excluding carboxylic acids is 1. The number of hydrogen-bond acceptors (Lipinski definition) is 6. The fourth-order valence-electron chi connectivity index (χ4n) is 4.64. The van der Waals surface area contributed by atoms with Crippen molar-refractivity contribution in [2.45, 2.75) is 55.9 Å². The molecule has 178 valence electrons. The van der Waals surface area contributed by atoms with Gasteiger partial charge in [0, 0.05) is 29.2 Å². The molecule has 1 saturated heterocycles. The summed E-state index contributed by atoms with van der Waals surface area (Å²) < 4.78 is 26.0. The lowest BCUT2D eigenvalue weighted by molar-refractivity contribution is -0.132. The maximum Gasteiger partial charge on any atom is 0.233 e. The summed E-state index contributed by atoms with van der Waals surface area (Å²) in [5.41, 5.74) is 0.692. The van der Waals surface area contributed by atoms with Gasteiger partial charge in [-0.15, -0.1) is 16.8 Å². The molecule has 1 amide bonds. The summed E-state index contributed by atoms with van der Waals surface area (Å²) in [7, 11) is -3.08. The molecule has 0 radical (unpaired) electrons. The number of rotatable bonds is 8. The number of allylic oxidation sites excluding steroid dienone is 1. The molecule has 2 heterocycles. The van der Waals surface area contributed by atoms with E-state index in [1.54, 1.807) is 24.3 Å². The second-order valence-corrected chi connectivity index (χ2v) is 12.4. The van der Waals surface area contributed by atoms with E-state index < -0.39 is 9.84 Å². The second kappa shape index (κ2) is 10.4. The number of amides is 1. The third kappa shape index (κ3) is 5.58. The van der Waals surface area contributed by atoms with Gasteiger partial charge >= 0.3 is 0 Å². The number of thioether (sulfide) groups is 1. The van der Waals surface area contributed by atoms with Crippen molar-refractivity contribution in [2.75, 3.05) is 17.3 Å². The summed E-state index contributed by atoms with van der Waals surface area (Å²) in [6.07, 6.45) is 6.25. The van der Waals surface area contributed by atoms with E-state index >= 15 is 0 Å². The summed E-state index contributed by atoms with van der Waals surface area (Å²) in [6.45, 7) is 4.27. The van der Waals surface area contributed by atoms with Gasteiger partial charge in [0.2, 0.25) is 5.91 Å². The highest BCUT2D eigenvalue weighted by Crippen LogP contribution is 2.33. The standard InChI is InChI=1S/C22H26Cl2N4O3S2/c1-2-10-27-21(18-8-7-15(23)12-19(18)24)25-26-22(27)32-13-20(29)28(16-5-3-4-6-16)17-9-11-33(30,31)14-17/h2,7-8,12,16-17H,1,3-6,9-11,13-14H2. The van der Waals surface area contributed by atoms with Gasteiger partial charge in [-0.2, -0.15) is 0 Å². The molecule has 0 spiro atoms. The highest BCUT2D eigenvalue weighted by atomic mass is 35.5. The lowest BCUT2D eigenvalue weighted by atomic mass is 10.1. The maximum absolute atomic E-state index is 13.3. The predicted octanol–water partition coefficient (Wildman–Crippen LogP) is 4.49. The minimum absolute atomic E-state index is 0.0479. The molecule has 1 aromatic carbocycles. The minimum Gasteiger partial charge on any atom is -0.335 e. The van der Waals surface area contributed by atoms with Crippen molar-refractivity contribution < 1.29 is 13.2 Å². The van der Waals surface area contributed by atoms with E-state index in [0.29, 0.717) is 39.6 Å². The molecule has 33 heavy (non-hydrogen) atoms. The smallest absolute Gasteiger partial charge is 0.233 e. The van der Waals surface area contributed by atoms with Crippen molar-refractivity contribution in [1.29, 1.82) is 0 Å². The molecule has 2 fully saturated rings. The molecular weight excluding hydrogens is 503 g/mol. The molecule has 1 aliphatic carbocycles. The molecule has 7 nitrogen and oxygen atoms in total. The highest BCUT2D eigenvalue weighted by Gasteiger charge is 2.39. The summed E-state index contributed by atoms with van der Waals surface area (Å²) in [5, 5.41) is 10.2. The molecule has 4 rings (SSSR count). The summed E-state index contributed by atoms with van der Waals surface area (Å²) >= 11 is 13.7. The quantitative estimate of drug-likeness (QED) is 0.370. The van der Waals surface area contributed by atoms with Crippen LogP contribution in [0.1, 0.15) is 32.1 Å². The van der Waals surface area contributed by atoms with E-state index in [4.69, 9.17) is 23.2 Å². The van der Waals surface area contributed by atoms with Crippen molar-refractivity contribution in [2.24, 2.45) is 0 Å². The van der Waals surface area contributed by atoms with Crippen LogP contribution in [0.25, 0.3) is 11.4 Å². The van der Waals surface area contributed by atoms with E-state index in [0.717, 1.165) is 25.7 Å². The Hall–Kier alpha value is -1.55. The van der Waals surface area contributed by atoms with Crippen molar-refractivity contribution in [1.82, 2.24) is 19.7 Å². The average molecular weight is 530 g/mol. The van der Waals surface area contributed by atoms with Crippen LogP contribution in [0.3, 0.4) is 0 Å². The highest BCUT2D eigenvalue weighted by molar-refractivity contribution is 7.99. The zero-order chi connectivity index (χ0) is 23.6. The number of nitrogens with zero attached hydrogens (tertiary/aromatic N) is 4. The molecule has 11 heteroatoms. The first-order valence-electron chi connectivity index (χ1n) is 10.9. The molecule has 0 N–H and O–H groups in total. The molecule has 1 saturated carbocycles. The summed E-state index contributed by atoms with van der Waals surface area (Å²) in [4.78, 5) is 15.2. The van der Waals surface area contributed by atoms with Crippen molar-refractivity contribution in [3.8, 4) is 11.4 Å². The van der Waals surface area contributed by atoms with Crippen molar-refractivity contribution in [3.63, 3.8) is 0 Å². The van der Waals surface area contributed by atoms with Crippen LogP contribution in [0.4, 0.5) is 0 Å². The first-order valence-corrected chi connectivity index (χ1v) is 14.5. The van der Waals surface area contributed by atoms with Gasteiger partial charge in [-0.05, 0) is 37.5 Å². The first kappa shape index (κ1) is 24.6. The Morgan fingerprint density at radius 1 is 1.21 bits per heavy atom. The Bertz CT molecular complexity index is 1150. The topological polar surface area (TPSA) is 85.2 Å². The van der Waals surface area contributed by atoms with E-state index in [2.05, 4.69) is 16.8 Å². The molecule has 1 aromatic heterocycles. The Kier molecular flexibility index (Phi) is 7.73. The Morgan fingerprint density at radius 2 is 1.97 bits per heavy atom. The molecule has 2 aliphatic rings. The molecule has 1 aliphatic heterocycles. The van der Waals surface area contributed by atoms with Crippen LogP contribution in [-0.2, 0) is 21.2 Å². The third-order valence-corrected chi connectivity index (χ3v) is 9.38. The van der Waals surface area contributed by atoms with Crippen LogP contribution in [0.15, 0.2) is 36.0 Å². The number of carbonyl (C=O) groups is 1. The Morgan fingerprint density at radius 3 is 2.61 bits per heavy atom. The van der Waals surface area contributed by atoms with Gasteiger partial charge in [-0.1, -0.05) is 53.9 Å². The monoisotopic (exact) mass is 528 g/mol. The van der Waals surface area contributed by atoms with E-state index in [-0.39, 0.29) is 35.2 Å². The molecule has 2 aromatic rings. The number of benzene rings is 1. The Labute approximate surface area is 208 Å².